The first kappa shape index (κ1) is 17.0. The topological polar surface area (TPSA) is 25.8 Å². The molecular formula is C16H18Br2N2S. The van der Waals surface area contributed by atoms with Crippen molar-refractivity contribution in [1.29, 1.82) is 0 Å². The quantitative estimate of drug-likeness (QED) is 0.330. The molecule has 0 saturated carbocycles. The summed E-state index contributed by atoms with van der Waals surface area (Å²) in [7, 11) is 0. The lowest BCUT2D eigenvalue weighted by Crippen LogP contribution is -1.99. The Kier molecular flexibility index (Phi) is 6.71. The molecule has 2 nitrogen and oxygen atoms in total. The van der Waals surface area contributed by atoms with Gasteiger partial charge in [0, 0.05) is 20.3 Å². The third kappa shape index (κ3) is 4.54. The molecule has 0 radical (unpaired) electrons. The van der Waals surface area contributed by atoms with Crippen LogP contribution < -0.4 is 0 Å². The van der Waals surface area contributed by atoms with E-state index in [-0.39, 0.29) is 0 Å². The van der Waals surface area contributed by atoms with E-state index in [4.69, 9.17) is 0 Å². The standard InChI is InChI=1S/C16H18Br2N2S/c1-11-15(13-5-7-14(18)8-6-13)20-19-12(2)16(11)21-10-4-3-9-17/h5-8H,3-4,9-10H2,1-2H3. The van der Waals surface area contributed by atoms with Gasteiger partial charge in [0.25, 0.3) is 0 Å². The number of aromatic nitrogens is 2. The number of hydrogen-bond donors (Lipinski definition) is 0. The van der Waals surface area contributed by atoms with Crippen LogP contribution in [0.25, 0.3) is 11.3 Å². The lowest BCUT2D eigenvalue weighted by Gasteiger charge is -2.12. The van der Waals surface area contributed by atoms with Crippen molar-refractivity contribution >= 4 is 43.6 Å². The highest BCUT2D eigenvalue weighted by Crippen LogP contribution is 2.32. The van der Waals surface area contributed by atoms with Crippen molar-refractivity contribution in [3.63, 3.8) is 0 Å². The molecule has 0 spiro atoms. The molecule has 0 aliphatic rings. The van der Waals surface area contributed by atoms with Crippen molar-refractivity contribution in [1.82, 2.24) is 10.2 Å². The summed E-state index contributed by atoms with van der Waals surface area (Å²) in [6, 6.07) is 8.24. The van der Waals surface area contributed by atoms with Crippen molar-refractivity contribution in [3.8, 4) is 11.3 Å². The fourth-order valence-electron chi connectivity index (χ4n) is 2.09. The summed E-state index contributed by atoms with van der Waals surface area (Å²) in [6.07, 6.45) is 2.42. The Morgan fingerprint density at radius 3 is 2.43 bits per heavy atom. The Balaban J connectivity index is 2.25. The zero-order valence-electron chi connectivity index (χ0n) is 12.2. The Hall–Kier alpha value is -0.390. The van der Waals surface area contributed by atoms with E-state index in [9.17, 15) is 0 Å². The first-order valence-corrected chi connectivity index (χ1v) is 9.82. The number of aryl methyl sites for hydroxylation is 1. The Labute approximate surface area is 147 Å². The van der Waals surface area contributed by atoms with Gasteiger partial charge in [-0.2, -0.15) is 5.10 Å². The van der Waals surface area contributed by atoms with Gasteiger partial charge in [0.2, 0.25) is 0 Å². The number of hydrogen-bond acceptors (Lipinski definition) is 3. The van der Waals surface area contributed by atoms with Gasteiger partial charge in [0.1, 0.15) is 0 Å². The summed E-state index contributed by atoms with van der Waals surface area (Å²) in [5, 5.41) is 9.82. The summed E-state index contributed by atoms with van der Waals surface area (Å²) in [5.41, 5.74) is 4.35. The van der Waals surface area contributed by atoms with E-state index < -0.39 is 0 Å². The number of thioether (sulfide) groups is 1. The number of nitrogens with zero attached hydrogens (tertiary/aromatic N) is 2. The van der Waals surface area contributed by atoms with Gasteiger partial charge in [-0.25, -0.2) is 0 Å². The largest absolute Gasteiger partial charge is 0.154 e. The van der Waals surface area contributed by atoms with E-state index in [1.807, 2.05) is 30.8 Å². The minimum atomic E-state index is 0.982. The fraction of sp³-hybridized carbons (Fsp3) is 0.375. The highest BCUT2D eigenvalue weighted by Gasteiger charge is 2.12. The third-order valence-corrected chi connectivity index (χ3v) is 5.69. The zero-order chi connectivity index (χ0) is 15.2. The van der Waals surface area contributed by atoms with Gasteiger partial charge in [-0.15, -0.1) is 16.9 Å². The van der Waals surface area contributed by atoms with Crippen molar-refractivity contribution in [2.45, 2.75) is 31.6 Å². The van der Waals surface area contributed by atoms with E-state index in [1.54, 1.807) is 0 Å². The minimum Gasteiger partial charge on any atom is -0.154 e. The monoisotopic (exact) mass is 428 g/mol. The summed E-state index contributed by atoms with van der Waals surface area (Å²) >= 11 is 8.84. The van der Waals surface area contributed by atoms with Gasteiger partial charge in [-0.1, -0.05) is 44.0 Å². The van der Waals surface area contributed by atoms with Crippen LogP contribution in [0, 0.1) is 13.8 Å². The molecule has 0 fully saturated rings. The first-order chi connectivity index (χ1) is 10.1. The van der Waals surface area contributed by atoms with Crippen LogP contribution in [0.1, 0.15) is 24.1 Å². The van der Waals surface area contributed by atoms with Gasteiger partial charge in [-0.3, -0.25) is 0 Å². The van der Waals surface area contributed by atoms with Gasteiger partial charge >= 0.3 is 0 Å². The molecule has 0 aliphatic heterocycles. The van der Waals surface area contributed by atoms with E-state index >= 15 is 0 Å². The van der Waals surface area contributed by atoms with E-state index in [0.717, 1.165) is 32.5 Å². The van der Waals surface area contributed by atoms with Gasteiger partial charge < -0.3 is 0 Å². The summed E-state index contributed by atoms with van der Waals surface area (Å²) in [5.74, 6) is 1.12. The van der Waals surface area contributed by atoms with E-state index in [1.165, 1.54) is 23.3 Å². The normalized spacial score (nSPS) is 10.9. The molecule has 0 unspecified atom stereocenters. The summed E-state index contributed by atoms with van der Waals surface area (Å²) in [4.78, 5) is 1.28. The Morgan fingerprint density at radius 1 is 1.05 bits per heavy atom. The molecule has 112 valence electrons. The van der Waals surface area contributed by atoms with Crippen molar-refractivity contribution in [3.05, 3.63) is 40.0 Å². The zero-order valence-corrected chi connectivity index (χ0v) is 16.2. The maximum atomic E-state index is 4.40. The highest BCUT2D eigenvalue weighted by molar-refractivity contribution is 9.10. The highest BCUT2D eigenvalue weighted by atomic mass is 79.9. The SMILES string of the molecule is Cc1nnc(-c2ccc(Br)cc2)c(C)c1SCCCCBr. The lowest BCUT2D eigenvalue weighted by molar-refractivity contribution is 0.902. The number of rotatable bonds is 6. The van der Waals surface area contributed by atoms with Crippen LogP contribution in [0.2, 0.25) is 0 Å². The molecule has 0 saturated heterocycles. The van der Waals surface area contributed by atoms with Gasteiger partial charge in [-0.05, 0) is 50.1 Å². The molecule has 1 heterocycles. The average molecular weight is 430 g/mol. The first-order valence-electron chi connectivity index (χ1n) is 6.92. The summed E-state index contributed by atoms with van der Waals surface area (Å²) < 4.78 is 1.08. The van der Waals surface area contributed by atoms with Crippen molar-refractivity contribution in [2.75, 3.05) is 11.1 Å². The molecule has 5 heteroatoms. The smallest absolute Gasteiger partial charge is 0.0970 e. The molecule has 21 heavy (non-hydrogen) atoms. The minimum absolute atomic E-state index is 0.982. The van der Waals surface area contributed by atoms with Crippen LogP contribution >= 0.6 is 43.6 Å². The second kappa shape index (κ2) is 8.30. The maximum absolute atomic E-state index is 4.40. The molecule has 0 amide bonds. The van der Waals surface area contributed by atoms with Crippen LogP contribution in [0.5, 0.6) is 0 Å². The van der Waals surface area contributed by atoms with Crippen LogP contribution in [-0.4, -0.2) is 21.3 Å². The number of benzene rings is 1. The van der Waals surface area contributed by atoms with Crippen LogP contribution in [0.4, 0.5) is 0 Å². The van der Waals surface area contributed by atoms with Gasteiger partial charge in [0.05, 0.1) is 11.4 Å². The van der Waals surface area contributed by atoms with Gasteiger partial charge in [0.15, 0.2) is 0 Å². The average Bonchev–Trinajstić information content (AvgIpc) is 2.48. The molecule has 1 aromatic carbocycles. The predicted molar refractivity (Wildman–Crippen MR) is 98.4 cm³/mol. The van der Waals surface area contributed by atoms with Crippen molar-refractivity contribution < 1.29 is 0 Å². The molecule has 0 N–H and O–H groups in total. The van der Waals surface area contributed by atoms with Crippen molar-refractivity contribution in [2.24, 2.45) is 0 Å². The van der Waals surface area contributed by atoms with Crippen LogP contribution in [0.15, 0.2) is 33.6 Å². The van der Waals surface area contributed by atoms with E-state index in [2.05, 4.69) is 61.1 Å². The van der Waals surface area contributed by atoms with E-state index in [0.29, 0.717) is 0 Å². The fourth-order valence-corrected chi connectivity index (χ4v) is 3.87. The molecule has 0 aliphatic carbocycles. The molecule has 1 aromatic heterocycles. The Morgan fingerprint density at radius 2 is 1.76 bits per heavy atom. The maximum Gasteiger partial charge on any atom is 0.0970 e. The molecule has 0 bridgehead atoms. The second-order valence-corrected chi connectivity index (χ2v) is 7.65. The lowest BCUT2D eigenvalue weighted by atomic mass is 10.1. The third-order valence-electron chi connectivity index (χ3n) is 3.22. The number of unbranched alkanes of at least 4 members (excludes halogenated alkanes) is 1. The molecule has 2 rings (SSSR count). The molecular weight excluding hydrogens is 412 g/mol. The number of halogens is 2. The molecule has 2 aromatic rings. The van der Waals surface area contributed by atoms with Crippen LogP contribution in [0.3, 0.4) is 0 Å². The predicted octanol–water partition coefficient (Wildman–Crippen LogP) is 5.79. The summed E-state index contributed by atoms with van der Waals surface area (Å²) in [6.45, 7) is 4.18. The van der Waals surface area contributed by atoms with Crippen LogP contribution in [-0.2, 0) is 0 Å². The molecule has 0 atom stereocenters. The Bertz CT molecular complexity index is 600. The number of alkyl halides is 1. The second-order valence-electron chi connectivity index (χ2n) is 4.84.